The summed E-state index contributed by atoms with van der Waals surface area (Å²) < 4.78 is 45.6. The molecule has 3 aromatic rings. The number of hydrogen-bond acceptors (Lipinski definition) is 7. The number of carbonyl (C=O) groups is 2. The molecule has 0 spiro atoms. The van der Waals surface area contributed by atoms with Crippen LogP contribution in [0.1, 0.15) is 51.1 Å². The number of aromatic carboxylic acids is 1. The highest BCUT2D eigenvalue weighted by atomic mass is 32.1. The summed E-state index contributed by atoms with van der Waals surface area (Å²) in [5.41, 5.74) is -1.38. The molecule has 2 aromatic carbocycles. The maximum Gasteiger partial charge on any atom is 0.416 e. The second-order valence-electron chi connectivity index (χ2n) is 7.12. The topological polar surface area (TPSA) is 119 Å². The molecular weight excluding hydrogens is 477 g/mol. The zero-order valence-electron chi connectivity index (χ0n) is 17.7. The summed E-state index contributed by atoms with van der Waals surface area (Å²) in [5.74, 6) is -1.96. The van der Waals surface area contributed by atoms with Crippen LogP contribution in [0.25, 0.3) is 0 Å². The second kappa shape index (κ2) is 9.51. The van der Waals surface area contributed by atoms with Crippen LogP contribution in [0.4, 0.5) is 29.5 Å². The molecule has 2 N–H and O–H groups in total. The minimum Gasteiger partial charge on any atom is -0.484 e. The molecule has 1 heterocycles. The predicted octanol–water partition coefficient (Wildman–Crippen LogP) is 6.46. The van der Waals surface area contributed by atoms with Crippen LogP contribution in [0.2, 0.25) is 0 Å². The number of carbonyl (C=O) groups excluding carboxylic acids is 1. The van der Waals surface area contributed by atoms with Crippen LogP contribution in [-0.2, 0) is 6.18 Å². The average molecular weight is 494 g/mol. The Morgan fingerprint density at radius 3 is 2.44 bits per heavy atom. The van der Waals surface area contributed by atoms with E-state index in [0.717, 1.165) is 12.1 Å². The Morgan fingerprint density at radius 2 is 1.85 bits per heavy atom. The van der Waals surface area contributed by atoms with Gasteiger partial charge < -0.3 is 15.2 Å². The van der Waals surface area contributed by atoms with Gasteiger partial charge in [0, 0.05) is 23.3 Å². The van der Waals surface area contributed by atoms with Crippen molar-refractivity contribution in [3.8, 4) is 5.75 Å². The zero-order chi connectivity index (χ0) is 25.2. The van der Waals surface area contributed by atoms with E-state index in [4.69, 9.17) is 4.74 Å². The molecule has 0 fully saturated rings. The number of benzene rings is 2. The molecule has 0 aliphatic carbocycles. The van der Waals surface area contributed by atoms with Gasteiger partial charge in [0.15, 0.2) is 10.7 Å². The number of hydrogen-bond donors (Lipinski definition) is 2. The van der Waals surface area contributed by atoms with Crippen molar-refractivity contribution in [3.63, 3.8) is 0 Å². The first-order chi connectivity index (χ1) is 15.9. The number of alkyl halides is 3. The van der Waals surface area contributed by atoms with Crippen LogP contribution in [0.3, 0.4) is 0 Å². The highest BCUT2D eigenvalue weighted by molar-refractivity contribution is 7.18. The molecular formula is C22H17F3N2O6S. The maximum atomic E-state index is 13.3. The normalized spacial score (nSPS) is 12.1. The smallest absolute Gasteiger partial charge is 0.416 e. The minimum absolute atomic E-state index is 0.00444. The third-order valence-corrected chi connectivity index (χ3v) is 5.78. The predicted molar refractivity (Wildman–Crippen MR) is 118 cm³/mol. The van der Waals surface area contributed by atoms with Crippen LogP contribution in [0.5, 0.6) is 5.75 Å². The first-order valence-corrected chi connectivity index (χ1v) is 10.5. The molecule has 34 heavy (non-hydrogen) atoms. The van der Waals surface area contributed by atoms with Crippen molar-refractivity contribution in [2.45, 2.75) is 26.1 Å². The molecule has 0 saturated heterocycles. The number of nitrogens with zero attached hydrogens (tertiary/aromatic N) is 1. The molecule has 1 atom stereocenters. The van der Waals surface area contributed by atoms with E-state index < -0.39 is 34.4 Å². The Labute approximate surface area is 194 Å². The molecule has 0 amide bonds. The van der Waals surface area contributed by atoms with Crippen LogP contribution >= 0.6 is 11.3 Å². The number of rotatable bonds is 8. The summed E-state index contributed by atoms with van der Waals surface area (Å²) in [7, 11) is 0. The number of nitro groups is 1. The molecule has 8 nitrogen and oxygen atoms in total. The lowest BCUT2D eigenvalue weighted by molar-refractivity contribution is -0.383. The van der Waals surface area contributed by atoms with Gasteiger partial charge in [0.1, 0.15) is 17.5 Å². The molecule has 12 heteroatoms. The van der Waals surface area contributed by atoms with E-state index in [1.807, 2.05) is 0 Å². The largest absolute Gasteiger partial charge is 0.484 e. The molecule has 0 aliphatic heterocycles. The Balaban J connectivity index is 1.95. The fraction of sp³-hybridized carbons (Fsp3) is 0.182. The highest BCUT2D eigenvalue weighted by Gasteiger charge is 2.35. The van der Waals surface area contributed by atoms with Gasteiger partial charge in [-0.25, -0.2) is 4.79 Å². The van der Waals surface area contributed by atoms with E-state index in [1.165, 1.54) is 50.2 Å². The number of anilines is 2. The van der Waals surface area contributed by atoms with E-state index in [0.29, 0.717) is 11.3 Å². The number of nitrogens with one attached hydrogen (secondary N) is 1. The molecule has 0 saturated carbocycles. The number of thiophene rings is 1. The fourth-order valence-corrected chi connectivity index (χ4v) is 4.02. The van der Waals surface area contributed by atoms with Gasteiger partial charge in [0.05, 0.1) is 15.5 Å². The van der Waals surface area contributed by atoms with Crippen LogP contribution in [0, 0.1) is 10.1 Å². The Bertz CT molecular complexity index is 1270. The second-order valence-corrected chi connectivity index (χ2v) is 8.18. The average Bonchev–Trinajstić information content (AvgIpc) is 3.15. The molecule has 178 valence electrons. The quantitative estimate of drug-likeness (QED) is 0.210. The summed E-state index contributed by atoms with van der Waals surface area (Å²) in [5, 5.41) is 23.8. The van der Waals surface area contributed by atoms with Gasteiger partial charge in [-0.1, -0.05) is 18.2 Å². The van der Waals surface area contributed by atoms with Crippen molar-refractivity contribution in [3.05, 3.63) is 80.2 Å². The van der Waals surface area contributed by atoms with E-state index in [2.05, 4.69) is 5.32 Å². The number of carboxylic acids is 1. The SMILES string of the molecule is CC(=O)c1ccc(Nc2cc(O[C@H](C)c3ccccc3C(F)(F)F)c(C(=O)O)s2)c([N+](=O)[O-])c1. The lowest BCUT2D eigenvalue weighted by Gasteiger charge is -2.19. The van der Waals surface area contributed by atoms with E-state index in [-0.39, 0.29) is 38.2 Å². The van der Waals surface area contributed by atoms with Gasteiger partial charge in [-0.05, 0) is 32.0 Å². The van der Waals surface area contributed by atoms with Gasteiger partial charge in [-0.3, -0.25) is 14.9 Å². The number of ether oxygens (including phenoxy) is 1. The lowest BCUT2D eigenvalue weighted by Crippen LogP contribution is -2.14. The Kier molecular flexibility index (Phi) is 6.91. The summed E-state index contributed by atoms with van der Waals surface area (Å²) in [6.45, 7) is 2.61. The fourth-order valence-electron chi connectivity index (χ4n) is 3.18. The van der Waals surface area contributed by atoms with Crippen molar-refractivity contribution in [1.29, 1.82) is 0 Å². The van der Waals surface area contributed by atoms with Gasteiger partial charge >= 0.3 is 12.1 Å². The Hall–Kier alpha value is -3.93. The van der Waals surface area contributed by atoms with Gasteiger partial charge in [0.2, 0.25) is 0 Å². The molecule has 0 radical (unpaired) electrons. The minimum atomic E-state index is -4.63. The van der Waals surface area contributed by atoms with Gasteiger partial charge in [-0.2, -0.15) is 13.2 Å². The number of halogens is 3. The first kappa shape index (κ1) is 24.7. The van der Waals surface area contributed by atoms with Crippen LogP contribution in [-0.4, -0.2) is 21.8 Å². The Morgan fingerprint density at radius 1 is 1.18 bits per heavy atom. The summed E-state index contributed by atoms with van der Waals surface area (Å²) >= 11 is 0.693. The first-order valence-electron chi connectivity index (χ1n) is 9.64. The van der Waals surface area contributed by atoms with Gasteiger partial charge in [0.25, 0.3) is 5.69 Å². The third-order valence-electron chi connectivity index (χ3n) is 4.76. The molecule has 0 unspecified atom stereocenters. The van der Waals surface area contributed by atoms with Gasteiger partial charge in [-0.15, -0.1) is 11.3 Å². The summed E-state index contributed by atoms with van der Waals surface area (Å²) in [6, 6.07) is 9.78. The number of Topliss-reactive ketones (excluding diaryl/α,β-unsaturated/α-hetero) is 1. The third kappa shape index (κ3) is 5.34. The molecule has 1 aromatic heterocycles. The zero-order valence-corrected chi connectivity index (χ0v) is 18.5. The summed E-state index contributed by atoms with van der Waals surface area (Å²) in [4.78, 5) is 33.7. The van der Waals surface area contributed by atoms with Crippen LogP contribution in [0.15, 0.2) is 48.5 Å². The number of nitro benzene ring substituents is 1. The maximum absolute atomic E-state index is 13.3. The highest BCUT2D eigenvalue weighted by Crippen LogP contribution is 2.41. The lowest BCUT2D eigenvalue weighted by atomic mass is 10.0. The number of ketones is 1. The van der Waals surface area contributed by atoms with Crippen molar-refractivity contribution < 1.29 is 37.5 Å². The van der Waals surface area contributed by atoms with Crippen LogP contribution < -0.4 is 10.1 Å². The van der Waals surface area contributed by atoms with Crippen molar-refractivity contribution >= 4 is 39.5 Å². The molecule has 0 aliphatic rings. The monoisotopic (exact) mass is 494 g/mol. The van der Waals surface area contributed by atoms with E-state index in [9.17, 15) is 38.0 Å². The van der Waals surface area contributed by atoms with E-state index >= 15 is 0 Å². The standard InChI is InChI=1S/C22H17F3N2O6S/c1-11(28)13-7-8-16(17(9-13)27(31)32)26-19-10-18(20(34-19)21(29)30)33-12(2)14-5-3-4-6-15(14)22(23,24)25/h3-10,12,26H,1-2H3,(H,29,30)/t12-/m1/s1. The molecule has 0 bridgehead atoms. The number of carboxylic acid groups (broad SMARTS) is 1. The molecule has 3 rings (SSSR count). The van der Waals surface area contributed by atoms with Crippen molar-refractivity contribution in [2.24, 2.45) is 0 Å². The van der Waals surface area contributed by atoms with E-state index in [1.54, 1.807) is 0 Å². The van der Waals surface area contributed by atoms with Crippen molar-refractivity contribution in [1.82, 2.24) is 0 Å². The van der Waals surface area contributed by atoms with Crippen molar-refractivity contribution in [2.75, 3.05) is 5.32 Å². The summed E-state index contributed by atoms with van der Waals surface area (Å²) in [6.07, 6.45) is -5.78.